The van der Waals surface area contributed by atoms with Gasteiger partial charge in [0.25, 0.3) is 0 Å². The van der Waals surface area contributed by atoms with Crippen molar-refractivity contribution in [3.63, 3.8) is 0 Å². The van der Waals surface area contributed by atoms with E-state index in [9.17, 15) is 0 Å². The third-order valence-electron chi connectivity index (χ3n) is 6.69. The lowest BCUT2D eigenvalue weighted by molar-refractivity contribution is 0.397. The predicted octanol–water partition coefficient (Wildman–Crippen LogP) is 8.42. The Morgan fingerprint density at radius 3 is 1.03 bits per heavy atom. The molecule has 0 aliphatic rings. The molecule has 0 aliphatic carbocycles. The zero-order valence-corrected chi connectivity index (χ0v) is 25.5. The summed E-state index contributed by atoms with van der Waals surface area (Å²) in [5, 5.41) is 7.32. The van der Waals surface area contributed by atoms with Gasteiger partial charge in [-0.1, -0.05) is 95.2 Å². The summed E-state index contributed by atoms with van der Waals surface area (Å²) < 4.78 is 11.9. The average molecular weight is 497 g/mol. The minimum absolute atomic E-state index is 0.0224. The van der Waals surface area contributed by atoms with E-state index in [1.54, 1.807) is 14.2 Å². The van der Waals surface area contributed by atoms with Gasteiger partial charge in [-0.2, -0.15) is 0 Å². The van der Waals surface area contributed by atoms with Crippen LogP contribution in [0.5, 0.6) is 11.5 Å². The van der Waals surface area contributed by atoms with E-state index in [0.717, 1.165) is 36.0 Å². The summed E-state index contributed by atoms with van der Waals surface area (Å²) in [6.07, 6.45) is 0. The molecule has 36 heavy (non-hydrogen) atoms. The number of hydrogen-bond acceptors (Lipinski definition) is 4. The fraction of sp³-hybridized carbons (Fsp3) is 0.625. The molecule has 4 heteroatoms. The number of hydrogen-bond donors (Lipinski definition) is 2. The molecular formula is C32H52N2O2. The molecule has 4 nitrogen and oxygen atoms in total. The van der Waals surface area contributed by atoms with E-state index in [0.29, 0.717) is 0 Å². The molecule has 0 aliphatic heterocycles. The lowest BCUT2D eigenvalue weighted by Gasteiger charge is -2.29. The SMILES string of the molecule is COc1c(NCCNc2cc(C(C)(C)C)cc(C(C)(C)C)c2OC)cc(C(C)(C)C)cc1C(C)(C)C. The molecule has 0 unspecified atom stereocenters. The summed E-state index contributed by atoms with van der Waals surface area (Å²) in [6, 6.07) is 9.09. The minimum Gasteiger partial charge on any atom is -0.494 e. The topological polar surface area (TPSA) is 42.5 Å². The maximum absolute atomic E-state index is 5.93. The highest BCUT2D eigenvalue weighted by Gasteiger charge is 2.27. The van der Waals surface area contributed by atoms with Crippen molar-refractivity contribution in [3.05, 3.63) is 46.5 Å². The molecule has 2 aromatic carbocycles. The molecule has 0 aromatic heterocycles. The van der Waals surface area contributed by atoms with Gasteiger partial charge in [0.1, 0.15) is 11.5 Å². The van der Waals surface area contributed by atoms with Crippen molar-refractivity contribution in [2.75, 3.05) is 37.9 Å². The van der Waals surface area contributed by atoms with Crippen LogP contribution in [0.3, 0.4) is 0 Å². The van der Waals surface area contributed by atoms with Crippen molar-refractivity contribution in [2.24, 2.45) is 0 Å². The van der Waals surface area contributed by atoms with Crippen molar-refractivity contribution >= 4 is 11.4 Å². The second-order valence-electron chi connectivity index (χ2n) is 14.1. The molecule has 0 bridgehead atoms. The van der Waals surface area contributed by atoms with Gasteiger partial charge in [-0.25, -0.2) is 0 Å². The lowest BCUT2D eigenvalue weighted by atomic mass is 9.79. The van der Waals surface area contributed by atoms with Gasteiger partial charge in [0.2, 0.25) is 0 Å². The van der Waals surface area contributed by atoms with Crippen LogP contribution >= 0.6 is 0 Å². The van der Waals surface area contributed by atoms with Gasteiger partial charge in [-0.3, -0.25) is 0 Å². The average Bonchev–Trinajstić information content (AvgIpc) is 2.72. The Balaban J connectivity index is 2.38. The molecule has 202 valence electrons. The fourth-order valence-electron chi connectivity index (χ4n) is 4.33. The predicted molar refractivity (Wildman–Crippen MR) is 158 cm³/mol. The third kappa shape index (κ3) is 7.11. The molecule has 0 saturated carbocycles. The summed E-state index contributed by atoms with van der Waals surface area (Å²) in [6.45, 7) is 28.5. The van der Waals surface area contributed by atoms with Gasteiger partial charge in [0, 0.05) is 24.2 Å². The second-order valence-corrected chi connectivity index (χ2v) is 14.1. The largest absolute Gasteiger partial charge is 0.494 e. The third-order valence-corrected chi connectivity index (χ3v) is 6.69. The van der Waals surface area contributed by atoms with Gasteiger partial charge in [-0.05, 0) is 44.9 Å². The molecule has 0 heterocycles. The van der Waals surface area contributed by atoms with Crippen molar-refractivity contribution in [3.8, 4) is 11.5 Å². The van der Waals surface area contributed by atoms with Crippen LogP contribution in [0.25, 0.3) is 0 Å². The molecule has 0 amide bonds. The first-order valence-corrected chi connectivity index (χ1v) is 13.2. The van der Waals surface area contributed by atoms with Crippen LogP contribution in [0.4, 0.5) is 11.4 Å². The van der Waals surface area contributed by atoms with Gasteiger partial charge >= 0.3 is 0 Å². The first-order chi connectivity index (χ1) is 16.3. The monoisotopic (exact) mass is 496 g/mol. The molecule has 2 rings (SSSR count). The van der Waals surface area contributed by atoms with E-state index in [4.69, 9.17) is 9.47 Å². The van der Waals surface area contributed by atoms with Crippen molar-refractivity contribution < 1.29 is 9.47 Å². The maximum Gasteiger partial charge on any atom is 0.145 e. The number of rotatable bonds is 7. The summed E-state index contributed by atoms with van der Waals surface area (Å²) in [4.78, 5) is 0. The number of benzene rings is 2. The zero-order valence-electron chi connectivity index (χ0n) is 25.5. The normalized spacial score (nSPS) is 12.9. The number of anilines is 2. The highest BCUT2D eigenvalue weighted by atomic mass is 16.5. The van der Waals surface area contributed by atoms with E-state index >= 15 is 0 Å². The van der Waals surface area contributed by atoms with E-state index < -0.39 is 0 Å². The molecule has 0 spiro atoms. The van der Waals surface area contributed by atoms with Crippen LogP contribution in [0.1, 0.15) is 105 Å². The second kappa shape index (κ2) is 10.6. The number of methoxy groups -OCH3 is 2. The van der Waals surface area contributed by atoms with E-state index in [1.807, 2.05) is 0 Å². The molecule has 0 radical (unpaired) electrons. The molecule has 0 fully saturated rings. The fourth-order valence-corrected chi connectivity index (χ4v) is 4.33. The smallest absolute Gasteiger partial charge is 0.145 e. The van der Waals surface area contributed by atoms with Crippen LogP contribution in [-0.2, 0) is 21.7 Å². The summed E-state index contributed by atoms with van der Waals surface area (Å²) in [7, 11) is 3.53. The quantitative estimate of drug-likeness (QED) is 0.378. The first kappa shape index (κ1) is 29.9. The van der Waals surface area contributed by atoms with Crippen LogP contribution in [-0.4, -0.2) is 27.3 Å². The van der Waals surface area contributed by atoms with E-state index in [1.165, 1.54) is 22.3 Å². The van der Waals surface area contributed by atoms with Crippen LogP contribution in [0.2, 0.25) is 0 Å². The Bertz CT molecular complexity index is 957. The van der Waals surface area contributed by atoms with Crippen molar-refractivity contribution in [2.45, 2.75) is 105 Å². The number of nitrogens with one attached hydrogen (secondary N) is 2. The maximum atomic E-state index is 5.93. The van der Waals surface area contributed by atoms with Gasteiger partial charge in [-0.15, -0.1) is 0 Å². The minimum atomic E-state index is -0.0224. The van der Waals surface area contributed by atoms with Crippen molar-refractivity contribution in [1.82, 2.24) is 0 Å². The Morgan fingerprint density at radius 1 is 0.500 bits per heavy atom. The molecular weight excluding hydrogens is 444 g/mol. The Morgan fingerprint density at radius 2 is 0.806 bits per heavy atom. The van der Waals surface area contributed by atoms with Crippen LogP contribution < -0.4 is 20.1 Å². The molecule has 2 N–H and O–H groups in total. The zero-order chi connectivity index (χ0) is 27.7. The van der Waals surface area contributed by atoms with Gasteiger partial charge in [0.15, 0.2) is 0 Å². The Hall–Kier alpha value is -2.36. The lowest BCUT2D eigenvalue weighted by Crippen LogP contribution is -2.21. The molecule has 0 atom stereocenters. The summed E-state index contributed by atoms with van der Waals surface area (Å²) in [5.74, 6) is 1.86. The van der Waals surface area contributed by atoms with E-state index in [-0.39, 0.29) is 21.7 Å². The highest BCUT2D eigenvalue weighted by Crippen LogP contribution is 2.42. The van der Waals surface area contributed by atoms with Crippen LogP contribution in [0.15, 0.2) is 24.3 Å². The highest BCUT2D eigenvalue weighted by molar-refractivity contribution is 5.66. The molecule has 2 aromatic rings. The van der Waals surface area contributed by atoms with Gasteiger partial charge in [0.05, 0.1) is 25.6 Å². The standard InChI is InChI=1S/C32H52N2O2/c1-29(2,3)21-17-23(31(7,8)9)27(35-13)25(19-21)33-15-16-34-26-20-22(30(4,5)6)18-24(28(26)36-14)32(10,11)12/h17-20,33-34H,15-16H2,1-14H3. The summed E-state index contributed by atoms with van der Waals surface area (Å²) >= 11 is 0. The Kier molecular flexibility index (Phi) is 8.76. The van der Waals surface area contributed by atoms with Gasteiger partial charge < -0.3 is 20.1 Å². The summed E-state index contributed by atoms with van der Waals surface area (Å²) in [5.41, 5.74) is 7.19. The number of ether oxygens (including phenoxy) is 2. The van der Waals surface area contributed by atoms with Crippen molar-refractivity contribution in [1.29, 1.82) is 0 Å². The van der Waals surface area contributed by atoms with E-state index in [2.05, 4.69) is 118 Å². The first-order valence-electron chi connectivity index (χ1n) is 13.2. The van der Waals surface area contributed by atoms with Crippen LogP contribution in [0, 0.1) is 0 Å². The molecule has 0 saturated heterocycles. The Labute approximate surface area is 221 Å².